The zero-order valence-corrected chi connectivity index (χ0v) is 11.1. The smallest absolute Gasteiger partial charge is 0.00202 e. The lowest BCUT2D eigenvalue weighted by molar-refractivity contribution is 0.459. The second-order valence-electron chi connectivity index (χ2n) is 5.05. The molecule has 1 unspecified atom stereocenters. The van der Waals surface area contributed by atoms with Gasteiger partial charge in [-0.15, -0.1) is 0 Å². The van der Waals surface area contributed by atoms with Gasteiger partial charge in [0, 0.05) is 6.54 Å². The van der Waals surface area contributed by atoms with E-state index < -0.39 is 0 Å². The van der Waals surface area contributed by atoms with E-state index in [2.05, 4.69) is 43.9 Å². The van der Waals surface area contributed by atoms with E-state index in [4.69, 9.17) is 0 Å². The van der Waals surface area contributed by atoms with Crippen molar-refractivity contribution in [3.63, 3.8) is 0 Å². The SMILES string of the molecule is C=C(C)c1cccc(C2CCCNC2)c1CC. The fourth-order valence-corrected chi connectivity index (χ4v) is 2.90. The van der Waals surface area contributed by atoms with E-state index in [-0.39, 0.29) is 0 Å². The molecule has 0 spiro atoms. The van der Waals surface area contributed by atoms with Crippen molar-refractivity contribution < 1.29 is 0 Å². The van der Waals surface area contributed by atoms with Crippen LogP contribution >= 0.6 is 0 Å². The monoisotopic (exact) mass is 229 g/mol. The Balaban J connectivity index is 2.38. The molecule has 0 bridgehead atoms. The number of rotatable bonds is 3. The third kappa shape index (κ3) is 2.61. The summed E-state index contributed by atoms with van der Waals surface area (Å²) >= 11 is 0. The van der Waals surface area contributed by atoms with Crippen molar-refractivity contribution in [1.29, 1.82) is 0 Å². The summed E-state index contributed by atoms with van der Waals surface area (Å²) in [5.74, 6) is 0.693. The molecule has 1 aliphatic heterocycles. The van der Waals surface area contributed by atoms with Gasteiger partial charge >= 0.3 is 0 Å². The lowest BCUT2D eigenvalue weighted by atomic mass is 9.84. The van der Waals surface area contributed by atoms with Crippen molar-refractivity contribution in [3.8, 4) is 0 Å². The van der Waals surface area contributed by atoms with Crippen LogP contribution in [0.4, 0.5) is 0 Å². The minimum Gasteiger partial charge on any atom is -0.316 e. The fraction of sp³-hybridized carbons (Fsp3) is 0.500. The van der Waals surface area contributed by atoms with E-state index in [1.807, 2.05) is 0 Å². The Morgan fingerprint density at radius 2 is 2.29 bits per heavy atom. The van der Waals surface area contributed by atoms with E-state index in [0.717, 1.165) is 13.0 Å². The highest BCUT2D eigenvalue weighted by atomic mass is 14.9. The first-order valence-corrected chi connectivity index (χ1v) is 6.72. The molecule has 0 saturated carbocycles. The minimum absolute atomic E-state index is 0.693. The molecule has 1 fully saturated rings. The number of hydrogen-bond acceptors (Lipinski definition) is 1. The zero-order valence-electron chi connectivity index (χ0n) is 11.1. The van der Waals surface area contributed by atoms with Crippen LogP contribution in [-0.2, 0) is 6.42 Å². The van der Waals surface area contributed by atoms with Crippen molar-refractivity contribution in [2.75, 3.05) is 13.1 Å². The van der Waals surface area contributed by atoms with Gasteiger partial charge in [-0.2, -0.15) is 0 Å². The molecule has 0 amide bonds. The quantitative estimate of drug-likeness (QED) is 0.832. The molecule has 1 heterocycles. The van der Waals surface area contributed by atoms with Gasteiger partial charge in [0.1, 0.15) is 0 Å². The van der Waals surface area contributed by atoms with Crippen molar-refractivity contribution in [2.45, 2.75) is 39.0 Å². The molecule has 1 heteroatoms. The first-order chi connectivity index (χ1) is 8.24. The Morgan fingerprint density at radius 1 is 1.47 bits per heavy atom. The molecule has 1 aromatic rings. The second kappa shape index (κ2) is 5.50. The van der Waals surface area contributed by atoms with E-state index >= 15 is 0 Å². The molecule has 1 aliphatic rings. The standard InChI is InChI=1S/C16H23N/c1-4-14-15(12(2)3)8-5-9-16(14)13-7-6-10-17-11-13/h5,8-9,13,17H,2,4,6-7,10-11H2,1,3H3. The largest absolute Gasteiger partial charge is 0.316 e. The third-order valence-electron chi connectivity index (χ3n) is 3.76. The topological polar surface area (TPSA) is 12.0 Å². The van der Waals surface area contributed by atoms with Crippen LogP contribution < -0.4 is 5.32 Å². The Morgan fingerprint density at radius 3 is 2.88 bits per heavy atom. The third-order valence-corrected chi connectivity index (χ3v) is 3.76. The van der Waals surface area contributed by atoms with E-state index in [9.17, 15) is 0 Å². The summed E-state index contributed by atoms with van der Waals surface area (Å²) in [4.78, 5) is 0. The summed E-state index contributed by atoms with van der Waals surface area (Å²) in [6.07, 6.45) is 3.72. The predicted molar refractivity (Wildman–Crippen MR) is 75.4 cm³/mol. The highest BCUT2D eigenvalue weighted by Crippen LogP contribution is 2.30. The van der Waals surface area contributed by atoms with E-state index in [1.54, 1.807) is 5.56 Å². The highest BCUT2D eigenvalue weighted by Gasteiger charge is 2.19. The Labute approximate surface area is 105 Å². The fourth-order valence-electron chi connectivity index (χ4n) is 2.90. The van der Waals surface area contributed by atoms with E-state index in [1.165, 1.54) is 36.1 Å². The molecule has 1 aromatic carbocycles. The predicted octanol–water partition coefficient (Wildman–Crippen LogP) is 3.75. The van der Waals surface area contributed by atoms with Crippen molar-refractivity contribution in [1.82, 2.24) is 5.32 Å². The van der Waals surface area contributed by atoms with Crippen LogP contribution in [-0.4, -0.2) is 13.1 Å². The van der Waals surface area contributed by atoms with Crippen LogP contribution in [0.3, 0.4) is 0 Å². The van der Waals surface area contributed by atoms with Gasteiger partial charge in [0.05, 0.1) is 0 Å². The Bertz CT molecular complexity index is 400. The Hall–Kier alpha value is -1.08. The molecule has 1 nitrogen and oxygen atoms in total. The van der Waals surface area contributed by atoms with Crippen LogP contribution in [0, 0.1) is 0 Å². The van der Waals surface area contributed by atoms with Gasteiger partial charge < -0.3 is 5.32 Å². The number of hydrogen-bond donors (Lipinski definition) is 1. The molecule has 1 N–H and O–H groups in total. The van der Waals surface area contributed by atoms with E-state index in [0.29, 0.717) is 5.92 Å². The van der Waals surface area contributed by atoms with Crippen LogP contribution in [0.25, 0.3) is 5.57 Å². The highest BCUT2D eigenvalue weighted by molar-refractivity contribution is 5.66. The lowest BCUT2D eigenvalue weighted by Gasteiger charge is -2.26. The molecule has 92 valence electrons. The maximum atomic E-state index is 4.10. The van der Waals surface area contributed by atoms with Crippen LogP contribution in [0.15, 0.2) is 24.8 Å². The summed E-state index contributed by atoms with van der Waals surface area (Å²) in [7, 11) is 0. The molecule has 17 heavy (non-hydrogen) atoms. The number of benzene rings is 1. The zero-order chi connectivity index (χ0) is 12.3. The van der Waals surface area contributed by atoms with Gasteiger partial charge in [0.2, 0.25) is 0 Å². The average Bonchev–Trinajstić information content (AvgIpc) is 2.38. The van der Waals surface area contributed by atoms with Crippen molar-refractivity contribution in [2.24, 2.45) is 0 Å². The van der Waals surface area contributed by atoms with Gasteiger partial charge in [0.25, 0.3) is 0 Å². The van der Waals surface area contributed by atoms with Gasteiger partial charge in [0.15, 0.2) is 0 Å². The van der Waals surface area contributed by atoms with Crippen molar-refractivity contribution >= 4 is 5.57 Å². The normalized spacial score (nSPS) is 20.2. The Kier molecular flexibility index (Phi) is 4.01. The first kappa shape index (κ1) is 12.4. The maximum Gasteiger partial charge on any atom is 0.00202 e. The molecule has 1 atom stereocenters. The van der Waals surface area contributed by atoms with Crippen LogP contribution in [0.5, 0.6) is 0 Å². The molecule has 0 aliphatic carbocycles. The summed E-state index contributed by atoms with van der Waals surface area (Å²) in [5.41, 5.74) is 5.59. The first-order valence-electron chi connectivity index (χ1n) is 6.72. The van der Waals surface area contributed by atoms with Gasteiger partial charge in [-0.05, 0) is 55.3 Å². The summed E-state index contributed by atoms with van der Waals surface area (Å²) in [6, 6.07) is 6.71. The number of allylic oxidation sites excluding steroid dienone is 1. The molecule has 0 aromatic heterocycles. The second-order valence-corrected chi connectivity index (χ2v) is 5.05. The maximum absolute atomic E-state index is 4.10. The number of nitrogens with one attached hydrogen (secondary N) is 1. The molecule has 0 radical (unpaired) electrons. The van der Waals surface area contributed by atoms with Gasteiger partial charge in [-0.3, -0.25) is 0 Å². The van der Waals surface area contributed by atoms with Crippen LogP contribution in [0.2, 0.25) is 0 Å². The van der Waals surface area contributed by atoms with Crippen LogP contribution in [0.1, 0.15) is 49.3 Å². The summed E-state index contributed by atoms with van der Waals surface area (Å²) < 4.78 is 0. The van der Waals surface area contributed by atoms with Crippen molar-refractivity contribution in [3.05, 3.63) is 41.5 Å². The molecular weight excluding hydrogens is 206 g/mol. The van der Waals surface area contributed by atoms with Gasteiger partial charge in [-0.25, -0.2) is 0 Å². The molecular formula is C16H23N. The number of piperidine rings is 1. The summed E-state index contributed by atoms with van der Waals surface area (Å²) in [6.45, 7) is 10.8. The summed E-state index contributed by atoms with van der Waals surface area (Å²) in [5, 5.41) is 3.51. The lowest BCUT2D eigenvalue weighted by Crippen LogP contribution is -2.29. The minimum atomic E-state index is 0.693. The average molecular weight is 229 g/mol. The molecule has 2 rings (SSSR count). The molecule has 1 saturated heterocycles. The van der Waals surface area contributed by atoms with Gasteiger partial charge in [-0.1, -0.05) is 37.3 Å².